The third-order valence-corrected chi connectivity index (χ3v) is 5.37. The maximum atomic E-state index is 12.8. The van der Waals surface area contributed by atoms with Crippen molar-refractivity contribution in [3.63, 3.8) is 0 Å². The number of hydrogen-bond acceptors (Lipinski definition) is 5. The standard InChI is InChI=1S/C24H28N4O2/c1-2-15-30-24-22(26-20-12-6-7-13-21(20)27-24)28-14-8-11-19(17-28)23(29)25-16-18-9-4-3-5-10-18/h3-7,9-10,12-13,19H,2,8,11,14-17H2,1H3,(H,25,29)/t19-/m0/s1. The fourth-order valence-corrected chi connectivity index (χ4v) is 3.79. The van der Waals surface area contributed by atoms with Gasteiger partial charge in [0, 0.05) is 19.6 Å². The summed E-state index contributed by atoms with van der Waals surface area (Å²) in [6.07, 6.45) is 2.72. The summed E-state index contributed by atoms with van der Waals surface area (Å²) in [6, 6.07) is 17.8. The van der Waals surface area contributed by atoms with Crippen LogP contribution in [0.3, 0.4) is 0 Å². The first-order valence-corrected chi connectivity index (χ1v) is 10.7. The molecule has 1 aliphatic heterocycles. The summed E-state index contributed by atoms with van der Waals surface area (Å²) < 4.78 is 5.93. The van der Waals surface area contributed by atoms with Crippen molar-refractivity contribution < 1.29 is 9.53 Å². The zero-order valence-corrected chi connectivity index (χ0v) is 17.4. The van der Waals surface area contributed by atoms with Crippen LogP contribution < -0.4 is 15.0 Å². The smallest absolute Gasteiger partial charge is 0.258 e. The van der Waals surface area contributed by atoms with Crippen molar-refractivity contribution in [1.82, 2.24) is 15.3 Å². The highest BCUT2D eigenvalue weighted by atomic mass is 16.5. The number of piperidine rings is 1. The molecule has 0 bridgehead atoms. The molecule has 1 amide bonds. The number of carbonyl (C=O) groups is 1. The molecule has 0 radical (unpaired) electrons. The number of anilines is 1. The van der Waals surface area contributed by atoms with Gasteiger partial charge in [0.05, 0.1) is 23.6 Å². The Balaban J connectivity index is 1.50. The first kappa shape index (κ1) is 20.1. The van der Waals surface area contributed by atoms with Crippen molar-refractivity contribution in [2.45, 2.75) is 32.7 Å². The van der Waals surface area contributed by atoms with Gasteiger partial charge in [-0.2, -0.15) is 0 Å². The van der Waals surface area contributed by atoms with Crippen LogP contribution in [0.2, 0.25) is 0 Å². The summed E-state index contributed by atoms with van der Waals surface area (Å²) in [4.78, 5) is 24.5. The van der Waals surface area contributed by atoms with Gasteiger partial charge < -0.3 is 15.0 Å². The Kier molecular flexibility index (Phi) is 6.42. The number of para-hydroxylation sites is 2. The van der Waals surface area contributed by atoms with Crippen molar-refractivity contribution in [2.24, 2.45) is 5.92 Å². The lowest BCUT2D eigenvalue weighted by Crippen LogP contribution is -2.43. The van der Waals surface area contributed by atoms with Crippen LogP contribution in [0.4, 0.5) is 5.82 Å². The predicted molar refractivity (Wildman–Crippen MR) is 119 cm³/mol. The summed E-state index contributed by atoms with van der Waals surface area (Å²) in [5.41, 5.74) is 2.77. The molecule has 1 fully saturated rings. The number of carbonyl (C=O) groups excluding carboxylic acids is 1. The SMILES string of the molecule is CCCOc1nc2ccccc2nc1N1CCC[C@H](C(=O)NCc2ccccc2)C1. The quantitative estimate of drug-likeness (QED) is 0.646. The van der Waals surface area contributed by atoms with Gasteiger partial charge in [0.25, 0.3) is 5.88 Å². The molecule has 6 nitrogen and oxygen atoms in total. The molecular weight excluding hydrogens is 376 g/mol. The monoisotopic (exact) mass is 404 g/mol. The average Bonchev–Trinajstić information content (AvgIpc) is 2.81. The van der Waals surface area contributed by atoms with Crippen LogP contribution in [0.1, 0.15) is 31.7 Å². The lowest BCUT2D eigenvalue weighted by atomic mass is 9.97. The van der Waals surface area contributed by atoms with Crippen LogP contribution in [-0.4, -0.2) is 35.6 Å². The molecular formula is C24H28N4O2. The zero-order valence-electron chi connectivity index (χ0n) is 17.4. The Labute approximate surface area is 177 Å². The van der Waals surface area contributed by atoms with Crippen molar-refractivity contribution in [2.75, 3.05) is 24.6 Å². The molecule has 1 aromatic heterocycles. The molecule has 1 N–H and O–H groups in total. The number of aromatic nitrogens is 2. The number of nitrogens with one attached hydrogen (secondary N) is 1. The third-order valence-electron chi connectivity index (χ3n) is 5.37. The highest BCUT2D eigenvalue weighted by molar-refractivity contribution is 5.80. The van der Waals surface area contributed by atoms with Crippen molar-refractivity contribution >= 4 is 22.8 Å². The zero-order chi connectivity index (χ0) is 20.8. The van der Waals surface area contributed by atoms with E-state index in [2.05, 4.69) is 17.1 Å². The number of ether oxygens (including phenoxy) is 1. The fourth-order valence-electron chi connectivity index (χ4n) is 3.79. The number of hydrogen-bond donors (Lipinski definition) is 1. The van der Waals surface area contributed by atoms with Crippen molar-refractivity contribution in [3.8, 4) is 5.88 Å². The molecule has 0 spiro atoms. The Morgan fingerprint density at radius 2 is 1.83 bits per heavy atom. The van der Waals surface area contributed by atoms with Gasteiger partial charge in [-0.3, -0.25) is 4.79 Å². The molecule has 2 aromatic carbocycles. The van der Waals surface area contributed by atoms with E-state index >= 15 is 0 Å². The lowest BCUT2D eigenvalue weighted by molar-refractivity contribution is -0.125. The van der Waals surface area contributed by atoms with E-state index in [9.17, 15) is 4.79 Å². The Morgan fingerprint density at radius 3 is 2.60 bits per heavy atom. The average molecular weight is 405 g/mol. The molecule has 6 heteroatoms. The van der Waals surface area contributed by atoms with Gasteiger partial charge in [-0.15, -0.1) is 0 Å². The van der Waals surface area contributed by atoms with E-state index in [1.165, 1.54) is 0 Å². The Hall–Kier alpha value is -3.15. The van der Waals surface area contributed by atoms with E-state index in [1.807, 2.05) is 54.6 Å². The number of benzene rings is 2. The van der Waals surface area contributed by atoms with Crippen LogP contribution in [0, 0.1) is 5.92 Å². The lowest BCUT2D eigenvalue weighted by Gasteiger charge is -2.33. The van der Waals surface area contributed by atoms with Crippen molar-refractivity contribution in [1.29, 1.82) is 0 Å². The minimum absolute atomic E-state index is 0.0743. The van der Waals surface area contributed by atoms with Crippen LogP contribution in [0.5, 0.6) is 5.88 Å². The van der Waals surface area contributed by atoms with E-state index in [4.69, 9.17) is 14.7 Å². The molecule has 0 unspecified atom stereocenters. The molecule has 1 atom stereocenters. The molecule has 2 heterocycles. The minimum Gasteiger partial charge on any atom is -0.475 e. The fraction of sp³-hybridized carbons (Fsp3) is 0.375. The highest BCUT2D eigenvalue weighted by Crippen LogP contribution is 2.30. The van der Waals surface area contributed by atoms with Gasteiger partial charge in [0.1, 0.15) is 0 Å². The predicted octanol–water partition coefficient (Wildman–Crippen LogP) is 3.95. The normalized spacial score (nSPS) is 16.4. The summed E-state index contributed by atoms with van der Waals surface area (Å²) >= 11 is 0. The van der Waals surface area contributed by atoms with E-state index in [0.717, 1.165) is 48.2 Å². The summed E-state index contributed by atoms with van der Waals surface area (Å²) in [6.45, 7) is 4.68. The largest absolute Gasteiger partial charge is 0.475 e. The molecule has 4 rings (SSSR count). The maximum Gasteiger partial charge on any atom is 0.258 e. The number of fused-ring (bicyclic) bond motifs is 1. The van der Waals surface area contributed by atoms with Crippen molar-refractivity contribution in [3.05, 3.63) is 60.2 Å². The first-order chi connectivity index (χ1) is 14.7. The van der Waals surface area contributed by atoms with Crippen LogP contribution >= 0.6 is 0 Å². The number of rotatable bonds is 7. The van der Waals surface area contributed by atoms with Gasteiger partial charge in [-0.25, -0.2) is 9.97 Å². The van der Waals surface area contributed by atoms with Crippen LogP contribution in [-0.2, 0) is 11.3 Å². The first-order valence-electron chi connectivity index (χ1n) is 10.7. The van der Waals surface area contributed by atoms with E-state index in [-0.39, 0.29) is 11.8 Å². The Bertz CT molecular complexity index is 993. The highest BCUT2D eigenvalue weighted by Gasteiger charge is 2.28. The minimum atomic E-state index is -0.0743. The van der Waals surface area contributed by atoms with Crippen LogP contribution in [0.15, 0.2) is 54.6 Å². The molecule has 1 aliphatic rings. The molecule has 30 heavy (non-hydrogen) atoms. The maximum absolute atomic E-state index is 12.8. The van der Waals surface area contributed by atoms with E-state index in [0.29, 0.717) is 25.6 Å². The molecule has 0 saturated carbocycles. The molecule has 0 aliphatic carbocycles. The molecule has 156 valence electrons. The number of nitrogens with zero attached hydrogens (tertiary/aromatic N) is 3. The van der Waals surface area contributed by atoms with Gasteiger partial charge in [0.2, 0.25) is 5.91 Å². The second-order valence-electron chi connectivity index (χ2n) is 7.68. The topological polar surface area (TPSA) is 67.4 Å². The van der Waals surface area contributed by atoms with Crippen LogP contribution in [0.25, 0.3) is 11.0 Å². The summed E-state index contributed by atoms with van der Waals surface area (Å²) in [7, 11) is 0. The Morgan fingerprint density at radius 1 is 1.10 bits per heavy atom. The molecule has 3 aromatic rings. The van der Waals surface area contributed by atoms with E-state index < -0.39 is 0 Å². The van der Waals surface area contributed by atoms with Gasteiger partial charge in [-0.1, -0.05) is 49.4 Å². The third kappa shape index (κ3) is 4.70. The van der Waals surface area contributed by atoms with E-state index in [1.54, 1.807) is 0 Å². The summed E-state index contributed by atoms with van der Waals surface area (Å²) in [5, 5.41) is 3.09. The second-order valence-corrected chi connectivity index (χ2v) is 7.68. The molecule has 1 saturated heterocycles. The van der Waals surface area contributed by atoms with Gasteiger partial charge >= 0.3 is 0 Å². The van der Waals surface area contributed by atoms with Gasteiger partial charge in [0.15, 0.2) is 5.82 Å². The summed E-state index contributed by atoms with van der Waals surface area (Å²) in [5.74, 6) is 1.31. The van der Waals surface area contributed by atoms with Gasteiger partial charge in [-0.05, 0) is 37.0 Å². The number of amides is 1. The second kappa shape index (κ2) is 9.57.